The van der Waals surface area contributed by atoms with Crippen molar-refractivity contribution in [1.29, 1.82) is 0 Å². The van der Waals surface area contributed by atoms with Gasteiger partial charge in [-0.05, 0) is 47.8 Å². The van der Waals surface area contributed by atoms with Crippen LogP contribution >= 0.6 is 23.4 Å². The average molecular weight is 254 g/mol. The SMILES string of the molecule is CC1CNC2(CCc3cc(Cl)ccc32)SC1. The molecule has 1 saturated heterocycles. The normalized spacial score (nSPS) is 33.0. The molecule has 2 unspecified atom stereocenters. The van der Waals surface area contributed by atoms with Gasteiger partial charge in [0.1, 0.15) is 0 Å². The summed E-state index contributed by atoms with van der Waals surface area (Å²) < 4.78 is 0. The topological polar surface area (TPSA) is 12.0 Å². The van der Waals surface area contributed by atoms with Gasteiger partial charge in [-0.1, -0.05) is 24.6 Å². The van der Waals surface area contributed by atoms with Crippen LogP contribution < -0.4 is 5.32 Å². The second-order valence-corrected chi connectivity index (χ2v) is 6.68. The molecule has 86 valence electrons. The molecule has 0 radical (unpaired) electrons. The monoisotopic (exact) mass is 253 g/mol. The predicted octanol–water partition coefficient (Wildman–Crippen LogP) is 3.41. The first-order valence-corrected chi connectivity index (χ1v) is 7.24. The van der Waals surface area contributed by atoms with Crippen molar-refractivity contribution in [2.24, 2.45) is 5.92 Å². The quantitative estimate of drug-likeness (QED) is 0.761. The molecule has 1 aromatic carbocycles. The first-order valence-electron chi connectivity index (χ1n) is 5.87. The molecule has 1 N–H and O–H groups in total. The summed E-state index contributed by atoms with van der Waals surface area (Å²) >= 11 is 8.12. The van der Waals surface area contributed by atoms with E-state index >= 15 is 0 Å². The Balaban J connectivity index is 1.96. The van der Waals surface area contributed by atoms with Gasteiger partial charge in [0.15, 0.2) is 0 Å². The van der Waals surface area contributed by atoms with Crippen molar-refractivity contribution in [2.75, 3.05) is 12.3 Å². The minimum absolute atomic E-state index is 0.187. The highest BCUT2D eigenvalue weighted by atomic mass is 35.5. The largest absolute Gasteiger partial charge is 0.299 e. The molecular formula is C13H16ClNS. The Labute approximate surface area is 106 Å². The highest BCUT2D eigenvalue weighted by molar-refractivity contribution is 8.00. The average Bonchev–Trinajstić information content (AvgIpc) is 2.62. The lowest BCUT2D eigenvalue weighted by molar-refractivity contribution is 0.416. The molecule has 2 atom stereocenters. The van der Waals surface area contributed by atoms with Gasteiger partial charge >= 0.3 is 0 Å². The van der Waals surface area contributed by atoms with Crippen LogP contribution in [-0.4, -0.2) is 12.3 Å². The third-order valence-corrected chi connectivity index (χ3v) is 5.63. The van der Waals surface area contributed by atoms with Crippen molar-refractivity contribution >= 4 is 23.4 Å². The van der Waals surface area contributed by atoms with Crippen LogP contribution in [-0.2, 0) is 11.3 Å². The standard InChI is InChI=1S/C13H16ClNS/c1-9-7-15-13(16-8-9)5-4-10-6-11(14)2-3-12(10)13/h2-3,6,9,15H,4-5,7-8H2,1H3. The molecular weight excluding hydrogens is 238 g/mol. The molecule has 1 aromatic rings. The highest BCUT2D eigenvalue weighted by Gasteiger charge is 2.41. The van der Waals surface area contributed by atoms with Gasteiger partial charge in [-0.15, -0.1) is 11.8 Å². The zero-order valence-electron chi connectivity index (χ0n) is 9.42. The number of fused-ring (bicyclic) bond motifs is 2. The Kier molecular flexibility index (Phi) is 2.69. The van der Waals surface area contributed by atoms with Gasteiger partial charge in [-0.25, -0.2) is 0 Å². The van der Waals surface area contributed by atoms with Crippen LogP contribution in [0.3, 0.4) is 0 Å². The Morgan fingerprint density at radius 2 is 2.38 bits per heavy atom. The van der Waals surface area contributed by atoms with Crippen LogP contribution in [0.1, 0.15) is 24.5 Å². The predicted molar refractivity (Wildman–Crippen MR) is 71.1 cm³/mol. The smallest absolute Gasteiger partial charge is 0.0907 e. The second-order valence-electron chi connectivity index (χ2n) is 4.93. The molecule has 16 heavy (non-hydrogen) atoms. The number of benzene rings is 1. The van der Waals surface area contributed by atoms with Crippen molar-refractivity contribution in [3.63, 3.8) is 0 Å². The fourth-order valence-electron chi connectivity index (χ4n) is 2.68. The molecule has 0 saturated carbocycles. The lowest BCUT2D eigenvalue weighted by atomic mass is 10.1. The molecule has 0 bridgehead atoms. The van der Waals surface area contributed by atoms with Crippen LogP contribution in [0.2, 0.25) is 5.02 Å². The van der Waals surface area contributed by atoms with Crippen LogP contribution in [0.25, 0.3) is 0 Å². The van der Waals surface area contributed by atoms with Gasteiger partial charge in [0.2, 0.25) is 0 Å². The third-order valence-electron chi connectivity index (χ3n) is 3.60. The van der Waals surface area contributed by atoms with E-state index in [-0.39, 0.29) is 4.87 Å². The number of hydrogen-bond donors (Lipinski definition) is 1. The van der Waals surface area contributed by atoms with Gasteiger partial charge in [0, 0.05) is 11.6 Å². The van der Waals surface area contributed by atoms with E-state index in [0.717, 1.165) is 23.9 Å². The van der Waals surface area contributed by atoms with Crippen LogP contribution in [0.4, 0.5) is 0 Å². The lowest BCUT2D eigenvalue weighted by Gasteiger charge is -2.37. The van der Waals surface area contributed by atoms with Crippen molar-refractivity contribution < 1.29 is 0 Å². The summed E-state index contributed by atoms with van der Waals surface area (Å²) in [6.45, 7) is 3.44. The number of nitrogens with one attached hydrogen (secondary N) is 1. The Morgan fingerprint density at radius 1 is 1.50 bits per heavy atom. The molecule has 0 amide bonds. The van der Waals surface area contributed by atoms with Crippen molar-refractivity contribution in [3.05, 3.63) is 34.3 Å². The summed E-state index contributed by atoms with van der Waals surface area (Å²) in [4.78, 5) is 0.187. The maximum Gasteiger partial charge on any atom is 0.0907 e. The molecule has 1 nitrogen and oxygen atoms in total. The Bertz CT molecular complexity index is 410. The molecule has 3 heteroatoms. The molecule has 3 rings (SSSR count). The maximum atomic E-state index is 6.05. The minimum atomic E-state index is 0.187. The molecule has 1 fully saturated rings. The summed E-state index contributed by atoms with van der Waals surface area (Å²) in [7, 11) is 0. The number of hydrogen-bond acceptors (Lipinski definition) is 2. The van der Waals surface area contributed by atoms with Gasteiger partial charge in [-0.2, -0.15) is 0 Å². The molecule has 1 heterocycles. The molecule has 2 aliphatic rings. The van der Waals surface area contributed by atoms with E-state index in [4.69, 9.17) is 11.6 Å². The first-order chi connectivity index (χ1) is 7.70. The highest BCUT2D eigenvalue weighted by Crippen LogP contribution is 2.48. The van der Waals surface area contributed by atoms with E-state index < -0.39 is 0 Å². The molecule has 1 spiro atoms. The van der Waals surface area contributed by atoms with Gasteiger partial charge < -0.3 is 0 Å². The molecule has 1 aliphatic heterocycles. The van der Waals surface area contributed by atoms with Gasteiger partial charge in [0.05, 0.1) is 4.87 Å². The summed E-state index contributed by atoms with van der Waals surface area (Å²) in [5, 5.41) is 4.61. The number of aryl methyl sites for hydroxylation is 1. The third kappa shape index (κ3) is 1.68. The first kappa shape index (κ1) is 10.9. The van der Waals surface area contributed by atoms with Gasteiger partial charge in [0.25, 0.3) is 0 Å². The zero-order valence-corrected chi connectivity index (χ0v) is 11.0. The summed E-state index contributed by atoms with van der Waals surface area (Å²) in [5.41, 5.74) is 2.90. The van der Waals surface area contributed by atoms with E-state index in [9.17, 15) is 0 Å². The minimum Gasteiger partial charge on any atom is -0.299 e. The maximum absolute atomic E-state index is 6.05. The van der Waals surface area contributed by atoms with Gasteiger partial charge in [-0.3, -0.25) is 5.32 Å². The molecule has 0 aromatic heterocycles. The number of thioether (sulfide) groups is 1. The van der Waals surface area contributed by atoms with E-state index in [1.54, 1.807) is 0 Å². The van der Waals surface area contributed by atoms with Crippen molar-refractivity contribution in [3.8, 4) is 0 Å². The fourth-order valence-corrected chi connectivity index (χ4v) is 4.34. The fraction of sp³-hybridized carbons (Fsp3) is 0.538. The van der Waals surface area contributed by atoms with Crippen LogP contribution in [0.5, 0.6) is 0 Å². The van der Waals surface area contributed by atoms with Crippen LogP contribution in [0, 0.1) is 5.92 Å². The number of rotatable bonds is 0. The summed E-state index contributed by atoms with van der Waals surface area (Å²) in [6.07, 6.45) is 2.37. The Hall–Kier alpha value is -0.180. The summed E-state index contributed by atoms with van der Waals surface area (Å²) in [5.74, 6) is 2.04. The summed E-state index contributed by atoms with van der Waals surface area (Å²) in [6, 6.07) is 6.36. The zero-order chi connectivity index (χ0) is 11.2. The van der Waals surface area contributed by atoms with Crippen molar-refractivity contribution in [1.82, 2.24) is 5.32 Å². The van der Waals surface area contributed by atoms with E-state index in [0.29, 0.717) is 0 Å². The van der Waals surface area contributed by atoms with E-state index in [2.05, 4.69) is 36.1 Å². The lowest BCUT2D eigenvalue weighted by Crippen LogP contribution is -2.44. The Morgan fingerprint density at radius 3 is 3.12 bits per heavy atom. The molecule has 1 aliphatic carbocycles. The van der Waals surface area contributed by atoms with E-state index in [1.807, 2.05) is 6.07 Å². The van der Waals surface area contributed by atoms with E-state index in [1.165, 1.54) is 23.3 Å². The van der Waals surface area contributed by atoms with Crippen LogP contribution in [0.15, 0.2) is 18.2 Å². The second kappa shape index (κ2) is 3.94. The van der Waals surface area contributed by atoms with Crippen molar-refractivity contribution in [2.45, 2.75) is 24.6 Å². The number of halogens is 1.